The number of halogens is 2. The fourth-order valence-electron chi connectivity index (χ4n) is 6.16. The molecule has 6 nitrogen and oxygen atoms in total. The molecule has 0 bridgehead atoms. The lowest BCUT2D eigenvalue weighted by Gasteiger charge is -2.23. The van der Waals surface area contributed by atoms with E-state index >= 15 is 0 Å². The minimum Gasteiger partial charge on any atom is -0.317 e. The molecule has 0 aliphatic carbocycles. The third kappa shape index (κ3) is 8.13. The molecule has 2 fully saturated rings. The summed E-state index contributed by atoms with van der Waals surface area (Å²) in [6.07, 6.45) is 7.35. The smallest absolute Gasteiger partial charge is 0.123 e. The van der Waals surface area contributed by atoms with Gasteiger partial charge in [0.1, 0.15) is 11.6 Å². The Morgan fingerprint density at radius 3 is 1.64 bits per heavy atom. The summed E-state index contributed by atoms with van der Waals surface area (Å²) in [6.45, 7) is 7.52. The lowest BCUT2D eigenvalue weighted by molar-refractivity contribution is 0.427. The van der Waals surface area contributed by atoms with Crippen LogP contribution in [0, 0.1) is 11.6 Å². The summed E-state index contributed by atoms with van der Waals surface area (Å²) in [6, 6.07) is 17.9. The maximum Gasteiger partial charge on any atom is 0.123 e. The van der Waals surface area contributed by atoms with E-state index in [1.807, 2.05) is 36.0 Å². The molecule has 6 rings (SSSR count). The van der Waals surface area contributed by atoms with Gasteiger partial charge in [-0.2, -0.15) is 10.2 Å². The van der Waals surface area contributed by atoms with Crippen LogP contribution in [-0.4, -0.2) is 45.7 Å². The van der Waals surface area contributed by atoms with Crippen LogP contribution in [0.4, 0.5) is 8.78 Å². The average molecular weight is 575 g/mol. The van der Waals surface area contributed by atoms with Crippen molar-refractivity contribution in [2.75, 3.05) is 26.2 Å². The minimum atomic E-state index is -0.190. The molecule has 0 saturated carbocycles. The van der Waals surface area contributed by atoms with Crippen molar-refractivity contribution in [1.29, 1.82) is 0 Å². The van der Waals surface area contributed by atoms with Gasteiger partial charge < -0.3 is 10.6 Å². The third-order valence-electron chi connectivity index (χ3n) is 8.38. The van der Waals surface area contributed by atoms with Crippen LogP contribution < -0.4 is 10.6 Å². The Bertz CT molecular complexity index is 1380. The molecule has 2 aliphatic rings. The highest BCUT2D eigenvalue weighted by atomic mass is 19.1. The van der Waals surface area contributed by atoms with Crippen LogP contribution in [0.2, 0.25) is 0 Å². The largest absolute Gasteiger partial charge is 0.317 e. The van der Waals surface area contributed by atoms with Crippen molar-refractivity contribution in [3.63, 3.8) is 0 Å². The molecule has 224 valence electrons. The Kier molecular flexibility index (Phi) is 10.5. The van der Waals surface area contributed by atoms with Crippen LogP contribution in [0.1, 0.15) is 84.8 Å². The zero-order valence-corrected chi connectivity index (χ0v) is 25.0. The molecule has 2 aromatic carbocycles. The van der Waals surface area contributed by atoms with Crippen LogP contribution in [0.25, 0.3) is 0 Å². The summed E-state index contributed by atoms with van der Waals surface area (Å²) in [7, 11) is 2.02. The predicted molar refractivity (Wildman–Crippen MR) is 164 cm³/mol. The summed E-state index contributed by atoms with van der Waals surface area (Å²) in [5, 5.41) is 16.2. The van der Waals surface area contributed by atoms with Gasteiger partial charge in [-0.25, -0.2) is 8.78 Å². The maximum absolute atomic E-state index is 13.0. The fraction of sp³-hybridized carbons (Fsp3) is 0.471. The highest BCUT2D eigenvalue weighted by Gasteiger charge is 2.21. The first-order chi connectivity index (χ1) is 20.5. The van der Waals surface area contributed by atoms with Crippen LogP contribution in [0.15, 0.2) is 60.7 Å². The number of hydrogen-bond donors (Lipinski definition) is 2. The van der Waals surface area contributed by atoms with E-state index in [1.54, 1.807) is 0 Å². The summed E-state index contributed by atoms with van der Waals surface area (Å²) < 4.78 is 30.1. The Labute approximate surface area is 248 Å². The third-order valence-corrected chi connectivity index (χ3v) is 8.38. The van der Waals surface area contributed by atoms with E-state index in [0.29, 0.717) is 11.8 Å². The van der Waals surface area contributed by atoms with Gasteiger partial charge in [-0.05, 0) is 106 Å². The monoisotopic (exact) mass is 574 g/mol. The van der Waals surface area contributed by atoms with Gasteiger partial charge in [0, 0.05) is 49.7 Å². The lowest BCUT2D eigenvalue weighted by atomic mass is 9.94. The van der Waals surface area contributed by atoms with Crippen molar-refractivity contribution in [2.24, 2.45) is 7.05 Å². The molecule has 0 unspecified atom stereocenters. The molecule has 2 aliphatic heterocycles. The number of piperidine rings is 2. The van der Waals surface area contributed by atoms with E-state index in [0.717, 1.165) is 74.5 Å². The normalized spacial score (nSPS) is 16.3. The fourth-order valence-corrected chi connectivity index (χ4v) is 6.16. The maximum atomic E-state index is 13.0. The molecule has 0 radical (unpaired) electrons. The molecule has 0 amide bonds. The van der Waals surface area contributed by atoms with Crippen molar-refractivity contribution >= 4 is 0 Å². The molecule has 2 saturated heterocycles. The van der Waals surface area contributed by atoms with E-state index in [4.69, 9.17) is 5.10 Å². The lowest BCUT2D eigenvalue weighted by Crippen LogP contribution is -2.27. The zero-order valence-electron chi connectivity index (χ0n) is 25.0. The Hall–Kier alpha value is -3.36. The molecule has 0 spiro atoms. The number of aryl methyl sites for hydroxylation is 2. The Morgan fingerprint density at radius 2 is 1.14 bits per heavy atom. The molecular weight excluding hydrogens is 530 g/mol. The van der Waals surface area contributed by atoms with Crippen molar-refractivity contribution in [3.05, 3.63) is 106 Å². The van der Waals surface area contributed by atoms with Gasteiger partial charge in [-0.3, -0.25) is 9.36 Å². The zero-order chi connectivity index (χ0) is 29.3. The second-order valence-electron chi connectivity index (χ2n) is 11.6. The quantitative estimate of drug-likeness (QED) is 0.267. The summed E-state index contributed by atoms with van der Waals surface area (Å²) in [5.74, 6) is 0.846. The van der Waals surface area contributed by atoms with Crippen LogP contribution in [-0.2, 0) is 26.4 Å². The molecule has 0 atom stereocenters. The van der Waals surface area contributed by atoms with E-state index < -0.39 is 0 Å². The Balaban J connectivity index is 0.000000169. The van der Waals surface area contributed by atoms with Crippen molar-refractivity contribution in [2.45, 2.75) is 70.3 Å². The first kappa shape index (κ1) is 30.1. The first-order valence-corrected chi connectivity index (χ1v) is 15.5. The molecule has 2 N–H and O–H groups in total. The summed E-state index contributed by atoms with van der Waals surface area (Å²) in [4.78, 5) is 0. The second-order valence-corrected chi connectivity index (χ2v) is 11.6. The number of nitrogens with one attached hydrogen (secondary N) is 2. The molecule has 8 heteroatoms. The standard InChI is InChI=1S/C18H24FN3.C16H20FN3/c1-2-11-22-18(15-7-9-20-10-8-15)13-17(21-22)12-14-3-5-16(19)6-4-14;1-20-16(13-6-8-18-9-7-13)11-15(19-20)10-12-2-4-14(17)5-3-12/h3-6,13,15,20H,2,7-12H2,1H3;2-5,11,13,18H,6-10H2,1H3. The SMILES string of the molecule is CCCn1nc(Cc2ccc(F)cc2)cc1C1CCNCC1.Cn1nc(Cc2ccc(F)cc2)cc1C1CCNCC1. The van der Waals surface area contributed by atoms with Crippen LogP contribution in [0.3, 0.4) is 0 Å². The van der Waals surface area contributed by atoms with E-state index in [-0.39, 0.29) is 11.6 Å². The van der Waals surface area contributed by atoms with Crippen LogP contribution in [0.5, 0.6) is 0 Å². The van der Waals surface area contributed by atoms with E-state index in [9.17, 15) is 8.78 Å². The molecule has 4 heterocycles. The summed E-state index contributed by atoms with van der Waals surface area (Å²) >= 11 is 0. The number of rotatable bonds is 8. The Morgan fingerprint density at radius 1 is 0.690 bits per heavy atom. The van der Waals surface area contributed by atoms with E-state index in [1.165, 1.54) is 61.3 Å². The number of benzene rings is 2. The number of aromatic nitrogens is 4. The molecule has 2 aromatic heterocycles. The molecule has 42 heavy (non-hydrogen) atoms. The molecule has 4 aromatic rings. The number of nitrogens with zero attached hydrogens (tertiary/aromatic N) is 4. The van der Waals surface area contributed by atoms with Gasteiger partial charge in [0.05, 0.1) is 11.4 Å². The molecular formula is C34H44F2N6. The van der Waals surface area contributed by atoms with Gasteiger partial charge in [-0.15, -0.1) is 0 Å². The van der Waals surface area contributed by atoms with Gasteiger partial charge in [0.15, 0.2) is 0 Å². The van der Waals surface area contributed by atoms with Crippen molar-refractivity contribution in [3.8, 4) is 0 Å². The van der Waals surface area contributed by atoms with Gasteiger partial charge in [0.2, 0.25) is 0 Å². The van der Waals surface area contributed by atoms with Crippen molar-refractivity contribution < 1.29 is 8.78 Å². The second kappa shape index (κ2) is 14.7. The number of hydrogen-bond acceptors (Lipinski definition) is 4. The highest BCUT2D eigenvalue weighted by Crippen LogP contribution is 2.27. The van der Waals surface area contributed by atoms with E-state index in [2.05, 4.69) is 39.5 Å². The summed E-state index contributed by atoms with van der Waals surface area (Å²) in [5.41, 5.74) is 7.06. The van der Waals surface area contributed by atoms with Gasteiger partial charge >= 0.3 is 0 Å². The van der Waals surface area contributed by atoms with Gasteiger partial charge in [-0.1, -0.05) is 31.2 Å². The minimum absolute atomic E-state index is 0.185. The van der Waals surface area contributed by atoms with Gasteiger partial charge in [0.25, 0.3) is 0 Å². The van der Waals surface area contributed by atoms with Crippen molar-refractivity contribution in [1.82, 2.24) is 30.2 Å². The average Bonchev–Trinajstić information content (AvgIpc) is 3.59. The highest BCUT2D eigenvalue weighted by molar-refractivity contribution is 5.26. The first-order valence-electron chi connectivity index (χ1n) is 15.5. The van der Waals surface area contributed by atoms with Crippen LogP contribution >= 0.6 is 0 Å². The predicted octanol–water partition coefficient (Wildman–Crippen LogP) is 6.11. The topological polar surface area (TPSA) is 59.7 Å².